The highest BCUT2D eigenvalue weighted by Crippen LogP contribution is 2.45. The summed E-state index contributed by atoms with van der Waals surface area (Å²) in [7, 11) is 0. The van der Waals surface area contributed by atoms with Crippen molar-refractivity contribution in [1.82, 2.24) is 0 Å². The molecule has 2 aromatic rings. The Morgan fingerprint density at radius 2 is 1.53 bits per heavy atom. The van der Waals surface area contributed by atoms with Crippen LogP contribution < -0.4 is 0 Å². The summed E-state index contributed by atoms with van der Waals surface area (Å²) >= 11 is 0. The Morgan fingerprint density at radius 3 is 2.14 bits per heavy atom. The van der Waals surface area contributed by atoms with Crippen molar-refractivity contribution in [3.63, 3.8) is 0 Å². The van der Waals surface area contributed by atoms with Gasteiger partial charge in [0.1, 0.15) is 5.92 Å². The Morgan fingerprint density at radius 1 is 0.917 bits per heavy atom. The van der Waals surface area contributed by atoms with Crippen molar-refractivity contribution in [2.45, 2.75) is 39.3 Å². The number of ether oxygens (including phenoxy) is 2. The highest BCUT2D eigenvalue weighted by atomic mass is 19.4. The number of Topliss-reactive ketones (excluding diaryl/α,β-unsaturated/α-hetero) is 1. The van der Waals surface area contributed by atoms with Crippen LogP contribution in [0.2, 0.25) is 0 Å². The molecule has 1 unspecified atom stereocenters. The second-order valence-electron chi connectivity index (χ2n) is 8.09. The molecule has 2 aromatic carbocycles. The topological polar surface area (TPSA) is 82.0 Å². The van der Waals surface area contributed by atoms with Gasteiger partial charge in [-0.3, -0.25) is 14.6 Å². The summed E-state index contributed by atoms with van der Waals surface area (Å²) in [6.07, 6.45) is -5.13. The SMILES string of the molecule is CCOC(=O)C1=C(CC(=O)c2ccccc2)N=C(C)C(C(=O)OCC)[C@@H]1c1ccccc1C(F)(F)F. The number of carbonyl (C=O) groups is 3. The van der Waals surface area contributed by atoms with Crippen LogP contribution in [0.5, 0.6) is 0 Å². The predicted octanol–water partition coefficient (Wildman–Crippen LogP) is 5.53. The van der Waals surface area contributed by atoms with Crippen molar-refractivity contribution in [1.29, 1.82) is 0 Å². The lowest BCUT2D eigenvalue weighted by atomic mass is 9.73. The van der Waals surface area contributed by atoms with Crippen LogP contribution >= 0.6 is 0 Å². The van der Waals surface area contributed by atoms with E-state index in [-0.39, 0.29) is 48.0 Å². The lowest BCUT2D eigenvalue weighted by molar-refractivity contribution is -0.147. The number of ketones is 1. The van der Waals surface area contributed by atoms with Crippen LogP contribution in [-0.4, -0.2) is 36.6 Å². The third-order valence-corrected chi connectivity index (χ3v) is 5.78. The fourth-order valence-corrected chi connectivity index (χ4v) is 4.30. The van der Waals surface area contributed by atoms with Crippen molar-refractivity contribution in [3.8, 4) is 0 Å². The summed E-state index contributed by atoms with van der Waals surface area (Å²) in [5, 5.41) is 0. The molecule has 9 heteroatoms. The first kappa shape index (κ1) is 26.8. The molecular weight excluding hydrogens is 475 g/mol. The summed E-state index contributed by atoms with van der Waals surface area (Å²) in [5.41, 5.74) is -1.12. The molecule has 1 heterocycles. The summed E-state index contributed by atoms with van der Waals surface area (Å²) in [4.78, 5) is 43.6. The third-order valence-electron chi connectivity index (χ3n) is 5.78. The lowest BCUT2D eigenvalue weighted by Gasteiger charge is -2.33. The smallest absolute Gasteiger partial charge is 0.416 e. The second-order valence-corrected chi connectivity index (χ2v) is 8.09. The van der Waals surface area contributed by atoms with Gasteiger partial charge in [0.05, 0.1) is 36.5 Å². The van der Waals surface area contributed by atoms with E-state index in [4.69, 9.17) is 9.47 Å². The molecule has 0 spiro atoms. The molecule has 1 aliphatic heterocycles. The highest BCUT2D eigenvalue weighted by molar-refractivity contribution is 6.08. The van der Waals surface area contributed by atoms with E-state index in [9.17, 15) is 27.6 Å². The van der Waals surface area contributed by atoms with Gasteiger partial charge in [-0.15, -0.1) is 0 Å². The Balaban J connectivity index is 2.28. The van der Waals surface area contributed by atoms with Crippen molar-refractivity contribution >= 4 is 23.4 Å². The number of carbonyl (C=O) groups excluding carboxylic acids is 3. The Kier molecular flexibility index (Phi) is 8.45. The van der Waals surface area contributed by atoms with Crippen LogP contribution in [0, 0.1) is 5.92 Å². The molecule has 2 atom stereocenters. The van der Waals surface area contributed by atoms with E-state index in [0.29, 0.717) is 5.56 Å². The standard InChI is InChI=1S/C27H26F3NO5/c1-4-35-25(33)22-16(3)31-20(15-21(32)17-11-7-6-8-12-17)24(26(34)36-5-2)23(22)18-13-9-10-14-19(18)27(28,29)30/h6-14,22-23H,4-5,15H2,1-3H3/t22?,23-/m0/s1. The molecule has 0 saturated carbocycles. The van der Waals surface area contributed by atoms with Gasteiger partial charge in [-0.2, -0.15) is 13.2 Å². The molecule has 6 nitrogen and oxygen atoms in total. The number of alkyl halides is 3. The molecule has 0 bridgehead atoms. The number of benzene rings is 2. The first-order chi connectivity index (χ1) is 17.1. The van der Waals surface area contributed by atoms with E-state index in [1.807, 2.05) is 0 Å². The number of hydrogen-bond acceptors (Lipinski definition) is 6. The van der Waals surface area contributed by atoms with Gasteiger partial charge in [-0.1, -0.05) is 48.5 Å². The van der Waals surface area contributed by atoms with E-state index in [1.165, 1.54) is 25.1 Å². The zero-order chi connectivity index (χ0) is 26.5. The maximum atomic E-state index is 14.0. The lowest BCUT2D eigenvalue weighted by Crippen LogP contribution is -2.38. The van der Waals surface area contributed by atoms with Crippen LogP contribution in [0.15, 0.2) is 70.9 Å². The van der Waals surface area contributed by atoms with Gasteiger partial charge >= 0.3 is 18.1 Å². The van der Waals surface area contributed by atoms with Crippen molar-refractivity contribution in [3.05, 3.63) is 82.6 Å². The van der Waals surface area contributed by atoms with Crippen molar-refractivity contribution < 1.29 is 37.0 Å². The number of nitrogens with zero attached hydrogens (tertiary/aromatic N) is 1. The predicted molar refractivity (Wildman–Crippen MR) is 126 cm³/mol. The second kappa shape index (κ2) is 11.3. The summed E-state index contributed by atoms with van der Waals surface area (Å²) < 4.78 is 52.5. The maximum absolute atomic E-state index is 14.0. The monoisotopic (exact) mass is 501 g/mol. The third kappa shape index (κ3) is 5.72. The minimum atomic E-state index is -4.77. The fraction of sp³-hybridized carbons (Fsp3) is 0.333. The van der Waals surface area contributed by atoms with E-state index in [1.54, 1.807) is 44.2 Å². The average molecular weight is 502 g/mol. The van der Waals surface area contributed by atoms with Crippen LogP contribution in [0.3, 0.4) is 0 Å². The zero-order valence-electron chi connectivity index (χ0n) is 20.1. The van der Waals surface area contributed by atoms with Crippen molar-refractivity contribution in [2.24, 2.45) is 10.9 Å². The Labute approximate surface area is 206 Å². The summed E-state index contributed by atoms with van der Waals surface area (Å²) in [6, 6.07) is 13.0. The van der Waals surface area contributed by atoms with E-state index in [2.05, 4.69) is 4.99 Å². The molecule has 0 fully saturated rings. The first-order valence-electron chi connectivity index (χ1n) is 11.5. The van der Waals surface area contributed by atoms with Gasteiger partial charge in [0.15, 0.2) is 5.78 Å². The molecule has 190 valence electrons. The Bertz CT molecular complexity index is 1200. The molecule has 0 N–H and O–H groups in total. The fourth-order valence-electron chi connectivity index (χ4n) is 4.30. The van der Waals surface area contributed by atoms with Gasteiger partial charge in [-0.05, 0) is 32.4 Å². The molecule has 1 aliphatic rings. The van der Waals surface area contributed by atoms with Gasteiger partial charge in [0, 0.05) is 17.2 Å². The van der Waals surface area contributed by atoms with E-state index >= 15 is 0 Å². The highest BCUT2D eigenvalue weighted by Gasteiger charge is 2.46. The maximum Gasteiger partial charge on any atom is 0.416 e. The van der Waals surface area contributed by atoms with Gasteiger partial charge in [0.25, 0.3) is 0 Å². The van der Waals surface area contributed by atoms with Crippen LogP contribution in [-0.2, 0) is 25.2 Å². The number of allylic oxidation sites excluding steroid dienone is 1. The quantitative estimate of drug-likeness (QED) is 0.351. The Hall–Kier alpha value is -3.75. The number of rotatable bonds is 8. The van der Waals surface area contributed by atoms with Crippen molar-refractivity contribution in [2.75, 3.05) is 13.2 Å². The van der Waals surface area contributed by atoms with Gasteiger partial charge in [0.2, 0.25) is 0 Å². The van der Waals surface area contributed by atoms with Gasteiger partial charge in [-0.25, -0.2) is 4.79 Å². The van der Waals surface area contributed by atoms with Crippen LogP contribution in [0.25, 0.3) is 0 Å². The van der Waals surface area contributed by atoms with Crippen LogP contribution in [0.4, 0.5) is 13.2 Å². The number of halogens is 3. The molecule has 0 radical (unpaired) electrons. The largest absolute Gasteiger partial charge is 0.465 e. The minimum absolute atomic E-state index is 0.0198. The molecule has 0 aliphatic carbocycles. The summed E-state index contributed by atoms with van der Waals surface area (Å²) in [6.45, 7) is 4.50. The minimum Gasteiger partial charge on any atom is -0.465 e. The number of esters is 2. The molecular formula is C27H26F3NO5. The normalized spacial score (nSPS) is 17.9. The van der Waals surface area contributed by atoms with E-state index in [0.717, 1.165) is 6.07 Å². The number of hydrogen-bond donors (Lipinski definition) is 0. The number of aliphatic imine (C=N–C) groups is 1. The zero-order valence-corrected chi connectivity index (χ0v) is 20.1. The molecule has 36 heavy (non-hydrogen) atoms. The molecule has 0 saturated heterocycles. The molecule has 0 aromatic heterocycles. The first-order valence-corrected chi connectivity index (χ1v) is 11.5. The van der Waals surface area contributed by atoms with E-state index < -0.39 is 35.5 Å². The molecule has 0 amide bonds. The molecule has 3 rings (SSSR count). The summed E-state index contributed by atoms with van der Waals surface area (Å²) in [5.74, 6) is -4.89. The van der Waals surface area contributed by atoms with Crippen LogP contribution in [0.1, 0.15) is 54.6 Å². The van der Waals surface area contributed by atoms with Gasteiger partial charge < -0.3 is 9.47 Å². The average Bonchev–Trinajstić information content (AvgIpc) is 2.83.